The Morgan fingerprint density at radius 3 is 2.39 bits per heavy atom. The molecule has 3 heterocycles. The Hall–Kier alpha value is -3.82. The number of fused-ring (bicyclic) bond motifs is 1. The van der Waals surface area contributed by atoms with Crippen molar-refractivity contribution in [1.82, 2.24) is 19.7 Å². The molecular weight excluding hydrogens is 377 g/mol. The van der Waals surface area contributed by atoms with Crippen molar-refractivity contribution in [2.24, 2.45) is 0 Å². The molecule has 0 aliphatic heterocycles. The van der Waals surface area contributed by atoms with Crippen molar-refractivity contribution < 1.29 is 28.2 Å². The number of pyridine rings is 1. The SMILES string of the molecule is O=C(O)C(F)(F)F.Oc1ccc(-c2cnn(-c3ccnc4[nH]ccc34)c2)cc1. The molecule has 0 bridgehead atoms. The number of aromatic nitrogens is 4. The van der Waals surface area contributed by atoms with E-state index in [2.05, 4.69) is 15.1 Å². The number of benzene rings is 1. The molecule has 0 unspecified atom stereocenters. The minimum Gasteiger partial charge on any atom is -0.508 e. The molecule has 0 fully saturated rings. The van der Waals surface area contributed by atoms with Crippen LogP contribution in [0.5, 0.6) is 5.75 Å². The van der Waals surface area contributed by atoms with E-state index in [0.717, 1.165) is 27.8 Å². The number of aromatic amines is 1. The highest BCUT2D eigenvalue weighted by atomic mass is 19.4. The Morgan fingerprint density at radius 1 is 1.07 bits per heavy atom. The molecular formula is C18H13F3N4O3. The molecule has 0 radical (unpaired) electrons. The van der Waals surface area contributed by atoms with Gasteiger partial charge in [0.25, 0.3) is 0 Å². The highest BCUT2D eigenvalue weighted by Crippen LogP contribution is 2.24. The maximum absolute atomic E-state index is 10.6. The van der Waals surface area contributed by atoms with Gasteiger partial charge in [0.15, 0.2) is 0 Å². The average molecular weight is 390 g/mol. The van der Waals surface area contributed by atoms with Gasteiger partial charge in [-0.2, -0.15) is 18.3 Å². The molecule has 7 nitrogen and oxygen atoms in total. The largest absolute Gasteiger partial charge is 0.508 e. The van der Waals surface area contributed by atoms with E-state index in [1.807, 2.05) is 47.5 Å². The molecule has 0 saturated heterocycles. The minimum absolute atomic E-state index is 0.259. The van der Waals surface area contributed by atoms with E-state index >= 15 is 0 Å². The smallest absolute Gasteiger partial charge is 0.490 e. The van der Waals surface area contributed by atoms with E-state index in [-0.39, 0.29) is 5.75 Å². The lowest BCUT2D eigenvalue weighted by molar-refractivity contribution is -0.192. The first-order valence-electron chi connectivity index (χ1n) is 7.82. The summed E-state index contributed by atoms with van der Waals surface area (Å²) < 4.78 is 33.6. The van der Waals surface area contributed by atoms with E-state index in [0.29, 0.717) is 0 Å². The fourth-order valence-corrected chi connectivity index (χ4v) is 2.40. The summed E-state index contributed by atoms with van der Waals surface area (Å²) in [5, 5.41) is 21.9. The molecule has 1 aromatic carbocycles. The summed E-state index contributed by atoms with van der Waals surface area (Å²) in [6.45, 7) is 0. The molecule has 0 atom stereocenters. The predicted molar refractivity (Wildman–Crippen MR) is 94.0 cm³/mol. The minimum atomic E-state index is -5.08. The van der Waals surface area contributed by atoms with E-state index in [4.69, 9.17) is 9.90 Å². The van der Waals surface area contributed by atoms with E-state index in [9.17, 15) is 18.3 Å². The number of phenolic OH excluding ortho intramolecular Hbond substituents is 1. The summed E-state index contributed by atoms with van der Waals surface area (Å²) in [5.41, 5.74) is 3.83. The van der Waals surface area contributed by atoms with Gasteiger partial charge in [-0.25, -0.2) is 14.5 Å². The quantitative estimate of drug-likeness (QED) is 0.484. The van der Waals surface area contributed by atoms with Crippen LogP contribution in [0.25, 0.3) is 27.8 Å². The predicted octanol–water partition coefficient (Wildman–Crippen LogP) is 3.75. The number of H-pyrrole nitrogens is 1. The molecule has 0 aliphatic rings. The van der Waals surface area contributed by atoms with Crippen LogP contribution < -0.4 is 0 Å². The molecule has 3 N–H and O–H groups in total. The van der Waals surface area contributed by atoms with Crippen molar-refractivity contribution >= 4 is 17.0 Å². The maximum atomic E-state index is 10.6. The van der Waals surface area contributed by atoms with E-state index in [1.54, 1.807) is 18.3 Å². The van der Waals surface area contributed by atoms with Gasteiger partial charge in [0, 0.05) is 29.5 Å². The third-order valence-electron chi connectivity index (χ3n) is 3.71. The summed E-state index contributed by atoms with van der Waals surface area (Å²) in [4.78, 5) is 16.3. The summed E-state index contributed by atoms with van der Waals surface area (Å²) in [6, 6.07) is 11.0. The number of hydrogen-bond donors (Lipinski definition) is 3. The Morgan fingerprint density at radius 2 is 1.75 bits per heavy atom. The first-order chi connectivity index (χ1) is 13.3. The van der Waals surface area contributed by atoms with Gasteiger partial charge in [-0.3, -0.25) is 0 Å². The number of rotatable bonds is 2. The molecule has 10 heteroatoms. The molecule has 0 spiro atoms. The normalized spacial score (nSPS) is 11.1. The topological polar surface area (TPSA) is 104 Å². The van der Waals surface area contributed by atoms with Crippen molar-refractivity contribution in [2.45, 2.75) is 6.18 Å². The highest BCUT2D eigenvalue weighted by molar-refractivity contribution is 5.84. The van der Waals surface area contributed by atoms with Crippen molar-refractivity contribution in [2.75, 3.05) is 0 Å². The van der Waals surface area contributed by atoms with Crippen LogP contribution >= 0.6 is 0 Å². The lowest BCUT2D eigenvalue weighted by Crippen LogP contribution is -2.21. The fourth-order valence-electron chi connectivity index (χ4n) is 2.40. The molecule has 4 rings (SSSR count). The Bertz CT molecular complexity index is 1100. The number of carboxylic acid groups (broad SMARTS) is 1. The van der Waals surface area contributed by atoms with E-state index in [1.165, 1.54) is 0 Å². The van der Waals surface area contributed by atoms with Gasteiger partial charge >= 0.3 is 12.1 Å². The number of carboxylic acids is 1. The molecule has 144 valence electrons. The van der Waals surface area contributed by atoms with Crippen LogP contribution in [0, 0.1) is 0 Å². The second-order valence-corrected chi connectivity index (χ2v) is 5.59. The highest BCUT2D eigenvalue weighted by Gasteiger charge is 2.38. The molecule has 0 aliphatic carbocycles. The first kappa shape index (κ1) is 19.0. The zero-order valence-corrected chi connectivity index (χ0v) is 14.1. The summed E-state index contributed by atoms with van der Waals surface area (Å²) in [6.07, 6.45) is 2.32. The number of nitrogens with one attached hydrogen (secondary N) is 1. The van der Waals surface area contributed by atoms with Gasteiger partial charge in [-0.1, -0.05) is 12.1 Å². The number of hydrogen-bond acceptors (Lipinski definition) is 4. The summed E-state index contributed by atoms with van der Waals surface area (Å²) >= 11 is 0. The van der Waals surface area contributed by atoms with Crippen LogP contribution in [-0.2, 0) is 4.79 Å². The van der Waals surface area contributed by atoms with Gasteiger partial charge in [0.05, 0.1) is 11.9 Å². The molecule has 0 saturated carbocycles. The first-order valence-corrected chi connectivity index (χ1v) is 7.82. The molecule has 0 amide bonds. The van der Waals surface area contributed by atoms with Crippen LogP contribution in [0.4, 0.5) is 13.2 Å². The van der Waals surface area contributed by atoms with E-state index < -0.39 is 12.1 Å². The third kappa shape index (κ3) is 4.11. The van der Waals surface area contributed by atoms with Gasteiger partial charge in [0.1, 0.15) is 11.4 Å². The van der Waals surface area contributed by atoms with Crippen LogP contribution in [0.1, 0.15) is 0 Å². The number of nitrogens with zero attached hydrogens (tertiary/aromatic N) is 3. The zero-order valence-electron chi connectivity index (χ0n) is 14.1. The number of halogens is 3. The van der Waals surface area contributed by atoms with Crippen molar-refractivity contribution in [1.29, 1.82) is 0 Å². The Kier molecular flexibility index (Phi) is 5.03. The van der Waals surface area contributed by atoms with Gasteiger partial charge in [0.2, 0.25) is 0 Å². The van der Waals surface area contributed by atoms with Gasteiger partial charge < -0.3 is 15.2 Å². The number of aliphatic carboxylic acids is 1. The van der Waals surface area contributed by atoms with Crippen molar-refractivity contribution in [3.8, 4) is 22.6 Å². The van der Waals surface area contributed by atoms with Crippen LogP contribution in [0.3, 0.4) is 0 Å². The maximum Gasteiger partial charge on any atom is 0.490 e. The average Bonchev–Trinajstić information content (AvgIpc) is 3.31. The Balaban J connectivity index is 0.000000279. The van der Waals surface area contributed by atoms with Crippen molar-refractivity contribution in [3.05, 3.63) is 61.2 Å². The van der Waals surface area contributed by atoms with Crippen LogP contribution in [0.2, 0.25) is 0 Å². The number of aromatic hydroxyl groups is 1. The second-order valence-electron chi connectivity index (χ2n) is 5.59. The molecule has 3 aromatic heterocycles. The standard InChI is InChI=1S/C16H12N4O.C2HF3O2/c21-13-3-1-11(2-4-13)12-9-19-20(10-12)15-6-8-18-16-14(15)5-7-17-16;3-2(4,5)1(6)7/h1-10,21H,(H,17,18);(H,6,7). The molecule has 28 heavy (non-hydrogen) atoms. The lowest BCUT2D eigenvalue weighted by atomic mass is 10.1. The van der Waals surface area contributed by atoms with Gasteiger partial charge in [-0.05, 0) is 29.8 Å². The summed E-state index contributed by atoms with van der Waals surface area (Å²) in [7, 11) is 0. The monoisotopic (exact) mass is 390 g/mol. The molecule has 4 aromatic rings. The number of carbonyl (C=O) groups is 1. The zero-order chi connectivity index (χ0) is 20.3. The Labute approximate surface area is 155 Å². The van der Waals surface area contributed by atoms with Crippen LogP contribution in [0.15, 0.2) is 61.2 Å². The summed E-state index contributed by atoms with van der Waals surface area (Å²) in [5.74, 6) is -2.50. The second kappa shape index (κ2) is 7.43. The van der Waals surface area contributed by atoms with Crippen LogP contribution in [-0.4, -0.2) is 42.1 Å². The van der Waals surface area contributed by atoms with Gasteiger partial charge in [-0.15, -0.1) is 0 Å². The lowest BCUT2D eigenvalue weighted by Gasteiger charge is -2.02. The fraction of sp³-hybridized carbons (Fsp3) is 0.0556. The number of alkyl halides is 3. The number of phenols is 1. The van der Waals surface area contributed by atoms with Crippen molar-refractivity contribution in [3.63, 3.8) is 0 Å². The third-order valence-corrected chi connectivity index (χ3v) is 3.71.